The topological polar surface area (TPSA) is 75.1 Å². The van der Waals surface area contributed by atoms with Crippen molar-refractivity contribution >= 4 is 22.6 Å². The predicted molar refractivity (Wildman–Crippen MR) is 76.9 cm³/mol. The van der Waals surface area contributed by atoms with Gasteiger partial charge in [-0.2, -0.15) is 0 Å². The van der Waals surface area contributed by atoms with Crippen molar-refractivity contribution in [2.75, 3.05) is 11.9 Å². The number of rotatable bonds is 4. The Balaban J connectivity index is 1.97. The molecule has 5 nitrogen and oxygen atoms in total. The molecule has 0 radical (unpaired) electrons. The Morgan fingerprint density at radius 2 is 2.10 bits per heavy atom. The van der Waals surface area contributed by atoms with E-state index in [2.05, 4.69) is 29.4 Å². The van der Waals surface area contributed by atoms with Gasteiger partial charge in [0.1, 0.15) is 0 Å². The number of carbonyl (C=O) groups is 1. The number of fused-ring (bicyclic) bond motifs is 1. The second-order valence-corrected chi connectivity index (χ2v) is 6.02. The number of carboxylic acid groups (broad SMARTS) is 1. The molecule has 1 aliphatic carbocycles. The maximum absolute atomic E-state index is 11.3. The van der Waals surface area contributed by atoms with Crippen LogP contribution >= 0.6 is 0 Å². The van der Waals surface area contributed by atoms with Gasteiger partial charge in [0.25, 0.3) is 0 Å². The van der Waals surface area contributed by atoms with E-state index in [1.807, 2.05) is 24.3 Å². The molecule has 104 valence electrons. The van der Waals surface area contributed by atoms with Crippen LogP contribution in [0.15, 0.2) is 24.3 Å². The summed E-state index contributed by atoms with van der Waals surface area (Å²) in [5.74, 6) is -0.475. The smallest absolute Gasteiger partial charge is 0.358 e. The van der Waals surface area contributed by atoms with Gasteiger partial charge in [0.05, 0.1) is 11.2 Å². The Bertz CT molecular complexity index is 682. The molecular weight excluding hydrogens is 254 g/mol. The highest BCUT2D eigenvalue weighted by atomic mass is 16.4. The van der Waals surface area contributed by atoms with Crippen molar-refractivity contribution in [2.24, 2.45) is 11.3 Å². The first-order chi connectivity index (χ1) is 9.49. The standard InChI is InChI=1S/C15H17N3O2/c1-15(2)7-9(15)8-16-12-10-5-3-4-6-11(10)17-18-13(12)14(19)20/h3-6,9H,7-8H2,1-2H3,(H,16,17)(H,19,20). The highest BCUT2D eigenvalue weighted by molar-refractivity contribution is 6.02. The summed E-state index contributed by atoms with van der Waals surface area (Å²) < 4.78 is 0. The van der Waals surface area contributed by atoms with E-state index in [9.17, 15) is 9.90 Å². The zero-order chi connectivity index (χ0) is 14.3. The van der Waals surface area contributed by atoms with Crippen LogP contribution in [0.4, 0.5) is 5.69 Å². The van der Waals surface area contributed by atoms with Gasteiger partial charge >= 0.3 is 5.97 Å². The zero-order valence-electron chi connectivity index (χ0n) is 11.6. The van der Waals surface area contributed by atoms with Crippen molar-refractivity contribution in [3.8, 4) is 0 Å². The number of benzene rings is 1. The minimum absolute atomic E-state index is 0.0119. The molecule has 1 atom stereocenters. The Hall–Kier alpha value is -2.17. The molecule has 1 heterocycles. The Kier molecular flexibility index (Phi) is 2.85. The molecule has 1 fully saturated rings. The van der Waals surface area contributed by atoms with Gasteiger partial charge in [0, 0.05) is 11.9 Å². The Labute approximate surface area is 117 Å². The first-order valence-corrected chi connectivity index (χ1v) is 6.71. The average Bonchev–Trinajstić information content (AvgIpc) is 3.03. The molecule has 1 unspecified atom stereocenters. The van der Waals surface area contributed by atoms with Gasteiger partial charge in [-0.1, -0.05) is 32.0 Å². The molecule has 0 spiro atoms. The molecule has 2 aromatic rings. The van der Waals surface area contributed by atoms with E-state index >= 15 is 0 Å². The molecular formula is C15H17N3O2. The largest absolute Gasteiger partial charge is 0.476 e. The number of hydrogen-bond donors (Lipinski definition) is 2. The van der Waals surface area contributed by atoms with Gasteiger partial charge in [-0.05, 0) is 23.8 Å². The molecule has 0 bridgehead atoms. The fraction of sp³-hybridized carbons (Fsp3) is 0.400. The van der Waals surface area contributed by atoms with E-state index in [0.717, 1.165) is 11.9 Å². The Morgan fingerprint density at radius 1 is 1.40 bits per heavy atom. The number of anilines is 1. The molecule has 5 heteroatoms. The first kappa shape index (κ1) is 12.8. The molecule has 1 aliphatic rings. The number of nitrogens with one attached hydrogen (secondary N) is 1. The van der Waals surface area contributed by atoms with E-state index in [4.69, 9.17) is 0 Å². The molecule has 0 amide bonds. The van der Waals surface area contributed by atoms with Crippen LogP contribution in [0.25, 0.3) is 10.9 Å². The van der Waals surface area contributed by atoms with E-state index in [-0.39, 0.29) is 5.69 Å². The second kappa shape index (κ2) is 4.44. The molecule has 0 aliphatic heterocycles. The third kappa shape index (κ3) is 2.19. The van der Waals surface area contributed by atoms with Gasteiger partial charge in [-0.15, -0.1) is 10.2 Å². The van der Waals surface area contributed by atoms with Crippen molar-refractivity contribution in [1.82, 2.24) is 10.2 Å². The first-order valence-electron chi connectivity index (χ1n) is 6.71. The lowest BCUT2D eigenvalue weighted by atomic mass is 10.1. The lowest BCUT2D eigenvalue weighted by molar-refractivity contribution is 0.0690. The number of aromatic carboxylic acids is 1. The lowest BCUT2D eigenvalue weighted by Crippen LogP contribution is -2.13. The minimum atomic E-state index is -1.05. The summed E-state index contributed by atoms with van der Waals surface area (Å²) in [6, 6.07) is 7.45. The van der Waals surface area contributed by atoms with Gasteiger partial charge in [0.15, 0.2) is 5.69 Å². The predicted octanol–water partition coefficient (Wildman–Crippen LogP) is 2.79. The van der Waals surface area contributed by atoms with Crippen molar-refractivity contribution in [2.45, 2.75) is 20.3 Å². The third-order valence-electron chi connectivity index (χ3n) is 4.11. The minimum Gasteiger partial charge on any atom is -0.476 e. The van der Waals surface area contributed by atoms with Crippen LogP contribution in [0, 0.1) is 11.3 Å². The van der Waals surface area contributed by atoms with Gasteiger partial charge in [-0.25, -0.2) is 4.79 Å². The van der Waals surface area contributed by atoms with Crippen molar-refractivity contribution in [1.29, 1.82) is 0 Å². The van der Waals surface area contributed by atoms with E-state index < -0.39 is 5.97 Å². The molecule has 1 saturated carbocycles. The number of hydrogen-bond acceptors (Lipinski definition) is 4. The summed E-state index contributed by atoms with van der Waals surface area (Å²) in [6.45, 7) is 5.21. The van der Waals surface area contributed by atoms with Gasteiger partial charge < -0.3 is 10.4 Å². The van der Waals surface area contributed by atoms with Crippen LogP contribution in [-0.4, -0.2) is 27.8 Å². The fourth-order valence-corrected chi connectivity index (χ4v) is 2.53. The van der Waals surface area contributed by atoms with Crippen molar-refractivity contribution < 1.29 is 9.90 Å². The molecule has 3 rings (SSSR count). The highest BCUT2D eigenvalue weighted by Gasteiger charge is 2.45. The van der Waals surface area contributed by atoms with Crippen LogP contribution in [0.2, 0.25) is 0 Å². The fourth-order valence-electron chi connectivity index (χ4n) is 2.53. The van der Waals surface area contributed by atoms with Gasteiger partial charge in [0.2, 0.25) is 0 Å². The molecule has 0 saturated heterocycles. The van der Waals surface area contributed by atoms with Crippen LogP contribution < -0.4 is 5.32 Å². The summed E-state index contributed by atoms with van der Waals surface area (Å²) in [7, 11) is 0. The normalized spacial score (nSPS) is 19.8. The van der Waals surface area contributed by atoms with Gasteiger partial charge in [-0.3, -0.25) is 0 Å². The number of aromatic nitrogens is 2. The number of carboxylic acids is 1. The SMILES string of the molecule is CC1(C)CC1CNc1c(C(=O)O)nnc2ccccc12. The maximum atomic E-state index is 11.3. The molecule has 1 aromatic heterocycles. The molecule has 1 aromatic carbocycles. The lowest BCUT2D eigenvalue weighted by Gasteiger charge is -2.12. The average molecular weight is 271 g/mol. The van der Waals surface area contributed by atoms with Crippen LogP contribution in [0.1, 0.15) is 30.8 Å². The zero-order valence-corrected chi connectivity index (χ0v) is 11.6. The molecule has 2 N–H and O–H groups in total. The monoisotopic (exact) mass is 271 g/mol. The highest BCUT2D eigenvalue weighted by Crippen LogP contribution is 2.51. The Morgan fingerprint density at radius 3 is 2.75 bits per heavy atom. The van der Waals surface area contributed by atoms with Crippen LogP contribution in [0.5, 0.6) is 0 Å². The third-order valence-corrected chi connectivity index (χ3v) is 4.11. The number of nitrogens with zero attached hydrogens (tertiary/aromatic N) is 2. The van der Waals surface area contributed by atoms with Crippen LogP contribution in [-0.2, 0) is 0 Å². The summed E-state index contributed by atoms with van der Waals surface area (Å²) in [5, 5.41) is 21.1. The maximum Gasteiger partial charge on any atom is 0.358 e. The summed E-state index contributed by atoms with van der Waals surface area (Å²) in [6.07, 6.45) is 1.17. The van der Waals surface area contributed by atoms with Crippen molar-refractivity contribution in [3.05, 3.63) is 30.0 Å². The van der Waals surface area contributed by atoms with E-state index in [1.165, 1.54) is 6.42 Å². The van der Waals surface area contributed by atoms with Crippen LogP contribution in [0.3, 0.4) is 0 Å². The summed E-state index contributed by atoms with van der Waals surface area (Å²) in [4.78, 5) is 11.3. The second-order valence-electron chi connectivity index (χ2n) is 6.02. The quantitative estimate of drug-likeness (QED) is 0.894. The molecule has 20 heavy (non-hydrogen) atoms. The summed E-state index contributed by atoms with van der Waals surface area (Å²) in [5.41, 5.74) is 1.62. The van der Waals surface area contributed by atoms with Crippen molar-refractivity contribution in [3.63, 3.8) is 0 Å². The summed E-state index contributed by atoms with van der Waals surface area (Å²) >= 11 is 0. The van der Waals surface area contributed by atoms with E-state index in [1.54, 1.807) is 0 Å². The van der Waals surface area contributed by atoms with E-state index in [0.29, 0.717) is 22.5 Å².